The number of carbonyl (C=O) groups is 1. The summed E-state index contributed by atoms with van der Waals surface area (Å²) < 4.78 is 98.7. The average molecular weight is 1010 g/mol. The van der Waals surface area contributed by atoms with Gasteiger partial charge in [0.1, 0.15) is 4.90 Å². The lowest BCUT2D eigenvalue weighted by Gasteiger charge is -2.37. The third-order valence-electron chi connectivity index (χ3n) is 12.8. The van der Waals surface area contributed by atoms with E-state index in [1.165, 1.54) is 53.4 Å². The standard InChI is InChI=1S/C51H55ClF3N5O5S3/c52-41-19-15-38(16-20-41)47-14-8-7-11-40(47)35-58-29-31-59(32-30-58)43-21-17-39(18-22-43)50(61)57-68(64,65)46-25-26-48(49(33-46)67(62,63)51(53,54)55)56-42(36-66-45-12-5-2-6-13-45)27-28-60(44-23-24-44)34-37-9-3-1-4-10-37/h1-6,9-10,12-13,15-22,25-26,33,42,44,56H,7-8,11,14,23-24,27-32,34-36H2,(H,57,61)/t42-/m1/s1. The van der Waals surface area contributed by atoms with E-state index in [0.29, 0.717) is 37.4 Å². The summed E-state index contributed by atoms with van der Waals surface area (Å²) in [5.74, 6) is -0.648. The van der Waals surface area contributed by atoms with Gasteiger partial charge in [0, 0.05) is 84.8 Å². The van der Waals surface area contributed by atoms with Crippen LogP contribution in [-0.2, 0) is 26.4 Å². The van der Waals surface area contributed by atoms with Crippen LogP contribution in [0.15, 0.2) is 148 Å². The van der Waals surface area contributed by atoms with E-state index >= 15 is 0 Å². The molecule has 0 aromatic heterocycles. The van der Waals surface area contributed by atoms with Gasteiger partial charge in [0.2, 0.25) is 0 Å². The number of hydrogen-bond acceptors (Lipinski definition) is 10. The first-order valence-corrected chi connectivity index (χ1v) is 27.2. The smallest absolute Gasteiger partial charge is 0.380 e. The van der Waals surface area contributed by atoms with Gasteiger partial charge in [-0.3, -0.25) is 14.6 Å². The van der Waals surface area contributed by atoms with Crippen molar-refractivity contribution in [2.45, 2.75) is 83.8 Å². The molecule has 5 aromatic rings. The molecule has 0 spiro atoms. The van der Waals surface area contributed by atoms with Crippen LogP contribution in [-0.4, -0.2) is 95.2 Å². The van der Waals surface area contributed by atoms with Crippen LogP contribution in [0.1, 0.15) is 66.4 Å². The Morgan fingerprint density at radius 3 is 2.13 bits per heavy atom. The predicted octanol–water partition coefficient (Wildman–Crippen LogP) is 10.5. The van der Waals surface area contributed by atoms with Crippen LogP contribution >= 0.6 is 23.4 Å². The van der Waals surface area contributed by atoms with Gasteiger partial charge >= 0.3 is 5.51 Å². The minimum Gasteiger partial charge on any atom is -0.380 e. The molecule has 0 unspecified atom stereocenters. The minimum atomic E-state index is -6.07. The van der Waals surface area contributed by atoms with E-state index in [-0.39, 0.29) is 5.56 Å². The van der Waals surface area contributed by atoms with Gasteiger partial charge in [-0.2, -0.15) is 13.2 Å². The van der Waals surface area contributed by atoms with Gasteiger partial charge in [0.05, 0.1) is 10.6 Å². The predicted molar refractivity (Wildman–Crippen MR) is 265 cm³/mol. The van der Waals surface area contributed by atoms with E-state index in [2.05, 4.69) is 32.1 Å². The van der Waals surface area contributed by atoms with Gasteiger partial charge in [-0.25, -0.2) is 21.6 Å². The van der Waals surface area contributed by atoms with Crippen molar-refractivity contribution in [1.29, 1.82) is 0 Å². The Morgan fingerprint density at radius 1 is 0.809 bits per heavy atom. The van der Waals surface area contributed by atoms with Gasteiger partial charge in [-0.05, 0) is 128 Å². The van der Waals surface area contributed by atoms with Crippen molar-refractivity contribution in [3.63, 3.8) is 0 Å². The Hall–Kier alpha value is -4.84. The molecule has 2 N–H and O–H groups in total. The van der Waals surface area contributed by atoms with E-state index in [0.717, 1.165) is 91.7 Å². The van der Waals surface area contributed by atoms with E-state index in [9.17, 15) is 34.8 Å². The van der Waals surface area contributed by atoms with Crippen LogP contribution in [0.4, 0.5) is 24.5 Å². The number of alkyl halides is 3. The van der Waals surface area contributed by atoms with Crippen LogP contribution in [0.2, 0.25) is 5.02 Å². The molecule has 8 rings (SSSR count). The second-order valence-corrected chi connectivity index (χ2v) is 22.7. The molecule has 5 aromatic carbocycles. The summed E-state index contributed by atoms with van der Waals surface area (Å²) in [5, 5.41) is 3.78. The van der Waals surface area contributed by atoms with Crippen LogP contribution in [0.25, 0.3) is 5.57 Å². The second-order valence-electron chi connectivity index (χ2n) is 17.6. The molecule has 360 valence electrons. The first kappa shape index (κ1) is 49.6. The van der Waals surface area contributed by atoms with Crippen LogP contribution in [0.5, 0.6) is 0 Å². The molecule has 0 radical (unpaired) electrons. The molecule has 0 bridgehead atoms. The molecular weight excluding hydrogens is 951 g/mol. The summed E-state index contributed by atoms with van der Waals surface area (Å²) in [4.78, 5) is 19.2. The quantitative estimate of drug-likeness (QED) is 0.0774. The molecule has 1 heterocycles. The number of hydrogen-bond donors (Lipinski definition) is 2. The van der Waals surface area contributed by atoms with Crippen LogP contribution in [0.3, 0.4) is 0 Å². The van der Waals surface area contributed by atoms with Gasteiger partial charge in [0.25, 0.3) is 25.8 Å². The molecular formula is C51H55ClF3N5O5S3. The number of halogens is 4. The number of benzene rings is 5. The molecule has 1 saturated carbocycles. The summed E-state index contributed by atoms with van der Waals surface area (Å²) in [7, 11) is -10.9. The van der Waals surface area contributed by atoms with Crippen molar-refractivity contribution in [2.24, 2.45) is 0 Å². The molecule has 17 heteroatoms. The molecule has 1 atom stereocenters. The summed E-state index contributed by atoms with van der Waals surface area (Å²) in [5.41, 5.74) is -0.0594. The van der Waals surface area contributed by atoms with Crippen molar-refractivity contribution < 1.29 is 34.8 Å². The molecule has 2 fully saturated rings. The number of rotatable bonds is 19. The van der Waals surface area contributed by atoms with E-state index < -0.39 is 52.8 Å². The highest BCUT2D eigenvalue weighted by molar-refractivity contribution is 7.99. The summed E-state index contributed by atoms with van der Waals surface area (Å²) in [6.45, 7) is 5.32. The normalized spacial score (nSPS) is 16.8. The number of sulfone groups is 1. The van der Waals surface area contributed by atoms with E-state index in [1.807, 2.05) is 77.5 Å². The molecule has 68 heavy (non-hydrogen) atoms. The van der Waals surface area contributed by atoms with E-state index in [1.54, 1.807) is 12.1 Å². The highest BCUT2D eigenvalue weighted by atomic mass is 35.5. The fourth-order valence-corrected chi connectivity index (χ4v) is 12.0. The zero-order valence-corrected chi connectivity index (χ0v) is 40.7. The summed E-state index contributed by atoms with van der Waals surface area (Å²) >= 11 is 7.62. The van der Waals surface area contributed by atoms with Crippen molar-refractivity contribution in [2.75, 3.05) is 55.2 Å². The van der Waals surface area contributed by atoms with Gasteiger partial charge in [-0.1, -0.05) is 77.8 Å². The number of amides is 1. The monoisotopic (exact) mass is 1010 g/mol. The van der Waals surface area contributed by atoms with Crippen molar-refractivity contribution >= 4 is 66.1 Å². The number of allylic oxidation sites excluding steroid dienone is 1. The summed E-state index contributed by atoms with van der Waals surface area (Å²) in [6, 6.07) is 36.2. The number of piperazine rings is 1. The Bertz CT molecular complexity index is 2770. The fourth-order valence-electron chi connectivity index (χ4n) is 8.88. The largest absolute Gasteiger partial charge is 0.501 e. The van der Waals surface area contributed by atoms with Crippen LogP contribution in [0, 0.1) is 0 Å². The minimum absolute atomic E-state index is 0.00242. The van der Waals surface area contributed by atoms with Gasteiger partial charge < -0.3 is 10.2 Å². The highest BCUT2D eigenvalue weighted by Gasteiger charge is 2.48. The lowest BCUT2D eigenvalue weighted by molar-refractivity contribution is -0.0435. The zero-order chi connectivity index (χ0) is 47.9. The lowest BCUT2D eigenvalue weighted by atomic mass is 9.87. The Balaban J connectivity index is 0.941. The number of thioether (sulfide) groups is 1. The maximum absolute atomic E-state index is 14.3. The molecule has 2 aliphatic carbocycles. The van der Waals surface area contributed by atoms with Gasteiger partial charge in [-0.15, -0.1) is 11.8 Å². The fraction of sp³-hybridized carbons (Fsp3) is 0.353. The number of nitrogens with zero attached hydrogens (tertiary/aromatic N) is 3. The highest BCUT2D eigenvalue weighted by Crippen LogP contribution is 2.38. The number of carbonyl (C=O) groups excluding carboxylic acids is 1. The van der Waals surface area contributed by atoms with Crippen LogP contribution < -0.4 is 14.9 Å². The first-order chi connectivity index (χ1) is 32.6. The van der Waals surface area contributed by atoms with Crippen molar-refractivity contribution in [3.05, 3.63) is 155 Å². The SMILES string of the molecule is O=C(NS(=O)(=O)c1ccc(N[C@H](CCN(Cc2ccccc2)C2CC2)CSc2ccccc2)c(S(=O)(=O)C(F)(F)F)c1)c1ccc(N2CCN(CC3=C(c4ccc(Cl)cc4)CCCC3)CC2)cc1. The Labute approximate surface area is 406 Å². The Morgan fingerprint density at radius 2 is 1.47 bits per heavy atom. The Kier molecular flexibility index (Phi) is 15.9. The molecule has 3 aliphatic rings. The van der Waals surface area contributed by atoms with E-state index in [4.69, 9.17) is 11.6 Å². The summed E-state index contributed by atoms with van der Waals surface area (Å²) in [6.07, 6.45) is 6.96. The second kappa shape index (κ2) is 21.8. The third kappa shape index (κ3) is 12.7. The maximum atomic E-state index is 14.3. The molecule has 1 amide bonds. The number of nitrogens with one attached hydrogen (secondary N) is 2. The molecule has 1 saturated heterocycles. The number of anilines is 2. The molecule has 1 aliphatic heterocycles. The maximum Gasteiger partial charge on any atom is 0.501 e. The van der Waals surface area contributed by atoms with Crippen molar-refractivity contribution in [1.82, 2.24) is 14.5 Å². The number of sulfonamides is 1. The zero-order valence-electron chi connectivity index (χ0n) is 37.5. The lowest BCUT2D eigenvalue weighted by Crippen LogP contribution is -2.47. The van der Waals surface area contributed by atoms with Gasteiger partial charge in [0.15, 0.2) is 0 Å². The molecule has 10 nitrogen and oxygen atoms in total. The van der Waals surface area contributed by atoms with Crippen molar-refractivity contribution in [3.8, 4) is 0 Å². The first-order valence-electron chi connectivity index (χ1n) is 22.9. The topological polar surface area (TPSA) is 119 Å². The average Bonchev–Trinajstić information content (AvgIpc) is 4.19. The third-order valence-corrected chi connectivity index (χ3v) is 17.0.